The Balaban J connectivity index is 2.69. The highest BCUT2D eigenvalue weighted by Gasteiger charge is 2.24. The van der Waals surface area contributed by atoms with Crippen molar-refractivity contribution in [3.63, 3.8) is 0 Å². The molecule has 1 aromatic rings. The van der Waals surface area contributed by atoms with E-state index < -0.39 is 11.9 Å². The number of hydrogen-bond acceptors (Lipinski definition) is 2. The third-order valence-corrected chi connectivity index (χ3v) is 3.04. The Kier molecular flexibility index (Phi) is 5.55. The van der Waals surface area contributed by atoms with Crippen molar-refractivity contribution in [1.82, 2.24) is 0 Å². The number of para-hydroxylation sites is 1. The van der Waals surface area contributed by atoms with Gasteiger partial charge in [0.1, 0.15) is 0 Å². The highest BCUT2D eigenvalue weighted by Crippen LogP contribution is 2.19. The van der Waals surface area contributed by atoms with E-state index in [-0.39, 0.29) is 18.2 Å². The second-order valence-corrected chi connectivity index (χ2v) is 5.16. The van der Waals surface area contributed by atoms with Crippen LogP contribution in [0.1, 0.15) is 26.7 Å². The van der Waals surface area contributed by atoms with Gasteiger partial charge in [0, 0.05) is 19.2 Å². The number of carbonyl (C=O) groups is 2. The van der Waals surface area contributed by atoms with E-state index in [0.717, 1.165) is 5.69 Å². The summed E-state index contributed by atoms with van der Waals surface area (Å²) in [6, 6.07) is 9.23. The minimum Gasteiger partial charge on any atom is -0.481 e. The molecular weight excluding hydrogens is 242 g/mol. The number of hydrogen-bond donors (Lipinski definition) is 1. The zero-order chi connectivity index (χ0) is 14.4. The molecule has 0 saturated carbocycles. The van der Waals surface area contributed by atoms with E-state index in [1.165, 1.54) is 4.90 Å². The summed E-state index contributed by atoms with van der Waals surface area (Å²) in [5.74, 6) is -1.42. The molecule has 1 amide bonds. The average Bonchev–Trinajstić information content (AvgIpc) is 2.37. The van der Waals surface area contributed by atoms with Crippen LogP contribution in [0.15, 0.2) is 30.3 Å². The van der Waals surface area contributed by atoms with Gasteiger partial charge in [0.25, 0.3) is 0 Å². The first-order valence-electron chi connectivity index (χ1n) is 6.46. The van der Waals surface area contributed by atoms with Crippen molar-refractivity contribution in [2.24, 2.45) is 11.8 Å². The predicted octanol–water partition coefficient (Wildman–Crippen LogP) is 2.79. The fourth-order valence-electron chi connectivity index (χ4n) is 1.98. The molecule has 1 atom stereocenters. The summed E-state index contributed by atoms with van der Waals surface area (Å²) in [5, 5.41) is 9.15. The van der Waals surface area contributed by atoms with Gasteiger partial charge in [-0.2, -0.15) is 0 Å². The summed E-state index contributed by atoms with van der Waals surface area (Å²) in [6.07, 6.45) is 0.558. The first-order chi connectivity index (χ1) is 8.91. The van der Waals surface area contributed by atoms with E-state index in [9.17, 15) is 9.59 Å². The maximum absolute atomic E-state index is 12.1. The Morgan fingerprint density at radius 3 is 2.26 bits per heavy atom. The number of amides is 1. The van der Waals surface area contributed by atoms with E-state index in [2.05, 4.69) is 0 Å². The molecule has 0 fully saturated rings. The molecule has 0 bridgehead atoms. The number of anilines is 1. The molecular formula is C15H21NO3. The smallest absolute Gasteiger partial charge is 0.307 e. The van der Waals surface area contributed by atoms with E-state index in [1.807, 2.05) is 44.2 Å². The third kappa shape index (κ3) is 4.73. The van der Waals surface area contributed by atoms with Crippen LogP contribution in [0.2, 0.25) is 0 Å². The zero-order valence-corrected chi connectivity index (χ0v) is 11.7. The molecule has 1 aromatic carbocycles. The van der Waals surface area contributed by atoms with E-state index in [1.54, 1.807) is 7.05 Å². The molecule has 0 aromatic heterocycles. The zero-order valence-electron chi connectivity index (χ0n) is 11.7. The van der Waals surface area contributed by atoms with E-state index in [4.69, 9.17) is 5.11 Å². The highest BCUT2D eigenvalue weighted by molar-refractivity contribution is 5.94. The van der Waals surface area contributed by atoms with Crippen LogP contribution in [0.4, 0.5) is 5.69 Å². The molecule has 0 aliphatic rings. The molecule has 19 heavy (non-hydrogen) atoms. The summed E-state index contributed by atoms with van der Waals surface area (Å²) in [4.78, 5) is 24.8. The van der Waals surface area contributed by atoms with Gasteiger partial charge in [-0.15, -0.1) is 0 Å². The minimum atomic E-state index is -0.900. The van der Waals surface area contributed by atoms with Crippen LogP contribution in [-0.2, 0) is 9.59 Å². The second-order valence-electron chi connectivity index (χ2n) is 5.16. The number of rotatable bonds is 6. The van der Waals surface area contributed by atoms with Crippen LogP contribution < -0.4 is 4.90 Å². The summed E-state index contributed by atoms with van der Waals surface area (Å²) >= 11 is 0. The number of carboxylic acids is 1. The van der Waals surface area contributed by atoms with Gasteiger partial charge in [0.05, 0.1) is 5.92 Å². The van der Waals surface area contributed by atoms with Gasteiger partial charge >= 0.3 is 5.97 Å². The van der Waals surface area contributed by atoms with Crippen molar-refractivity contribution in [2.45, 2.75) is 26.7 Å². The maximum atomic E-state index is 12.1. The van der Waals surface area contributed by atoms with Gasteiger partial charge in [0.15, 0.2) is 0 Å². The van der Waals surface area contributed by atoms with Gasteiger partial charge in [-0.05, 0) is 24.5 Å². The normalized spacial score (nSPS) is 12.2. The lowest BCUT2D eigenvalue weighted by atomic mass is 9.94. The monoisotopic (exact) mass is 263 g/mol. The van der Waals surface area contributed by atoms with Crippen LogP contribution in [0.25, 0.3) is 0 Å². The van der Waals surface area contributed by atoms with Gasteiger partial charge < -0.3 is 10.0 Å². The van der Waals surface area contributed by atoms with Crippen molar-refractivity contribution in [3.05, 3.63) is 30.3 Å². The standard InChI is InChI=1S/C15H21NO3/c1-11(2)9-12(15(18)19)10-14(17)16(3)13-7-5-4-6-8-13/h4-8,11-12H,9-10H2,1-3H3,(H,18,19)/t12-/m1/s1. The number of aliphatic carboxylic acids is 1. The molecule has 0 aliphatic heterocycles. The minimum absolute atomic E-state index is 0.0406. The molecule has 1 rings (SSSR count). The van der Waals surface area contributed by atoms with E-state index >= 15 is 0 Å². The average molecular weight is 263 g/mol. The summed E-state index contributed by atoms with van der Waals surface area (Å²) in [6.45, 7) is 3.92. The van der Waals surface area contributed by atoms with Crippen molar-refractivity contribution in [2.75, 3.05) is 11.9 Å². The third-order valence-electron chi connectivity index (χ3n) is 3.04. The number of benzene rings is 1. The molecule has 1 N–H and O–H groups in total. The Hall–Kier alpha value is -1.84. The fourth-order valence-corrected chi connectivity index (χ4v) is 1.98. The Morgan fingerprint density at radius 2 is 1.79 bits per heavy atom. The number of carbonyl (C=O) groups excluding carboxylic acids is 1. The topological polar surface area (TPSA) is 57.6 Å². The molecule has 104 valence electrons. The lowest BCUT2D eigenvalue weighted by Crippen LogP contribution is -2.30. The lowest BCUT2D eigenvalue weighted by Gasteiger charge is -2.20. The van der Waals surface area contributed by atoms with Crippen LogP contribution in [0, 0.1) is 11.8 Å². The van der Waals surface area contributed by atoms with E-state index in [0.29, 0.717) is 6.42 Å². The Morgan fingerprint density at radius 1 is 1.21 bits per heavy atom. The number of nitrogens with zero attached hydrogens (tertiary/aromatic N) is 1. The Labute approximate surface area is 114 Å². The molecule has 0 heterocycles. The van der Waals surface area contributed by atoms with Gasteiger partial charge in [-0.1, -0.05) is 32.0 Å². The van der Waals surface area contributed by atoms with Crippen LogP contribution in [-0.4, -0.2) is 24.0 Å². The molecule has 0 spiro atoms. The molecule has 0 saturated heterocycles. The van der Waals surface area contributed by atoms with Crippen molar-refractivity contribution >= 4 is 17.6 Å². The summed E-state index contributed by atoms with van der Waals surface area (Å²) < 4.78 is 0. The highest BCUT2D eigenvalue weighted by atomic mass is 16.4. The van der Waals surface area contributed by atoms with Crippen LogP contribution in [0.5, 0.6) is 0 Å². The van der Waals surface area contributed by atoms with Crippen molar-refractivity contribution in [1.29, 1.82) is 0 Å². The number of carboxylic acid groups (broad SMARTS) is 1. The molecule has 4 heteroatoms. The quantitative estimate of drug-likeness (QED) is 0.858. The molecule has 0 unspecified atom stereocenters. The summed E-state index contributed by atoms with van der Waals surface area (Å²) in [7, 11) is 1.67. The summed E-state index contributed by atoms with van der Waals surface area (Å²) in [5.41, 5.74) is 0.779. The van der Waals surface area contributed by atoms with Crippen LogP contribution in [0.3, 0.4) is 0 Å². The maximum Gasteiger partial charge on any atom is 0.307 e. The molecule has 4 nitrogen and oxygen atoms in total. The predicted molar refractivity (Wildman–Crippen MR) is 75.0 cm³/mol. The van der Waals surface area contributed by atoms with Gasteiger partial charge in [-0.3, -0.25) is 9.59 Å². The first-order valence-corrected chi connectivity index (χ1v) is 6.46. The van der Waals surface area contributed by atoms with Gasteiger partial charge in [-0.25, -0.2) is 0 Å². The first kappa shape index (κ1) is 15.2. The lowest BCUT2D eigenvalue weighted by molar-refractivity contribution is -0.144. The fraction of sp³-hybridized carbons (Fsp3) is 0.467. The molecule has 0 aliphatic carbocycles. The van der Waals surface area contributed by atoms with Crippen molar-refractivity contribution in [3.8, 4) is 0 Å². The largest absolute Gasteiger partial charge is 0.481 e. The Bertz CT molecular complexity index is 428. The van der Waals surface area contributed by atoms with Crippen LogP contribution >= 0.6 is 0 Å². The van der Waals surface area contributed by atoms with Gasteiger partial charge in [0.2, 0.25) is 5.91 Å². The van der Waals surface area contributed by atoms with Crippen molar-refractivity contribution < 1.29 is 14.7 Å². The second kappa shape index (κ2) is 6.92. The SMILES string of the molecule is CC(C)C[C@H](CC(=O)N(C)c1ccccc1)C(=O)O. The molecule has 0 radical (unpaired) electrons.